The lowest BCUT2D eigenvalue weighted by atomic mass is 10.0. The molecular formula is C19H20FNO3. The third kappa shape index (κ3) is 4.41. The average Bonchev–Trinajstić information content (AvgIpc) is 2.56. The van der Waals surface area contributed by atoms with Crippen LogP contribution in [0.1, 0.15) is 27.0 Å². The second-order valence-electron chi connectivity index (χ2n) is 5.68. The SMILES string of the molecule is COC(=O)[C@H](Cc1ccc(C)c(C)c1)NC(=O)c1cccc(F)c1. The van der Waals surface area contributed by atoms with E-state index >= 15 is 0 Å². The fourth-order valence-corrected chi connectivity index (χ4v) is 2.37. The molecule has 2 aromatic rings. The van der Waals surface area contributed by atoms with Crippen LogP contribution in [0.3, 0.4) is 0 Å². The molecule has 0 aliphatic carbocycles. The molecule has 0 aliphatic heterocycles. The minimum atomic E-state index is -0.840. The maximum absolute atomic E-state index is 13.2. The summed E-state index contributed by atoms with van der Waals surface area (Å²) in [5.74, 6) is -1.57. The molecule has 0 saturated carbocycles. The van der Waals surface area contributed by atoms with Gasteiger partial charge in [-0.2, -0.15) is 0 Å². The van der Waals surface area contributed by atoms with E-state index in [2.05, 4.69) is 5.32 Å². The molecule has 2 aromatic carbocycles. The van der Waals surface area contributed by atoms with Crippen molar-refractivity contribution < 1.29 is 18.7 Å². The van der Waals surface area contributed by atoms with Gasteiger partial charge < -0.3 is 10.1 Å². The van der Waals surface area contributed by atoms with Gasteiger partial charge in [0, 0.05) is 12.0 Å². The highest BCUT2D eigenvalue weighted by molar-refractivity contribution is 5.96. The Labute approximate surface area is 140 Å². The van der Waals surface area contributed by atoms with E-state index in [1.54, 1.807) is 0 Å². The summed E-state index contributed by atoms with van der Waals surface area (Å²) in [5, 5.41) is 2.61. The highest BCUT2D eigenvalue weighted by Gasteiger charge is 2.23. The lowest BCUT2D eigenvalue weighted by molar-refractivity contribution is -0.142. The first-order valence-corrected chi connectivity index (χ1v) is 7.61. The van der Waals surface area contributed by atoms with Crippen molar-refractivity contribution in [1.29, 1.82) is 0 Å². The first kappa shape index (κ1) is 17.7. The molecule has 0 bridgehead atoms. The van der Waals surface area contributed by atoms with Crippen molar-refractivity contribution in [2.75, 3.05) is 7.11 Å². The Morgan fingerprint density at radius 1 is 1.12 bits per heavy atom. The monoisotopic (exact) mass is 329 g/mol. The van der Waals surface area contributed by atoms with Crippen LogP contribution in [0, 0.1) is 19.7 Å². The van der Waals surface area contributed by atoms with Crippen LogP contribution in [0.5, 0.6) is 0 Å². The summed E-state index contributed by atoms with van der Waals surface area (Å²) in [6, 6.07) is 10.3. The number of hydrogen-bond acceptors (Lipinski definition) is 3. The van der Waals surface area contributed by atoms with Crippen molar-refractivity contribution in [2.45, 2.75) is 26.3 Å². The van der Waals surface area contributed by atoms with Crippen LogP contribution in [0.2, 0.25) is 0 Å². The number of halogens is 1. The van der Waals surface area contributed by atoms with Crippen LogP contribution in [0.15, 0.2) is 42.5 Å². The number of methoxy groups -OCH3 is 1. The van der Waals surface area contributed by atoms with E-state index < -0.39 is 23.7 Å². The van der Waals surface area contributed by atoms with Crippen molar-refractivity contribution in [1.82, 2.24) is 5.32 Å². The largest absolute Gasteiger partial charge is 0.467 e. The molecule has 0 fully saturated rings. The minimum absolute atomic E-state index is 0.156. The topological polar surface area (TPSA) is 55.4 Å². The van der Waals surface area contributed by atoms with Crippen LogP contribution in [0.4, 0.5) is 4.39 Å². The van der Waals surface area contributed by atoms with Crippen LogP contribution >= 0.6 is 0 Å². The fraction of sp³-hybridized carbons (Fsp3) is 0.263. The van der Waals surface area contributed by atoms with E-state index in [1.165, 1.54) is 25.3 Å². The quantitative estimate of drug-likeness (QED) is 0.858. The van der Waals surface area contributed by atoms with Crippen LogP contribution in [-0.4, -0.2) is 25.0 Å². The van der Waals surface area contributed by atoms with E-state index in [4.69, 9.17) is 4.74 Å². The molecule has 126 valence electrons. The Morgan fingerprint density at radius 3 is 2.50 bits per heavy atom. The van der Waals surface area contributed by atoms with Gasteiger partial charge >= 0.3 is 5.97 Å². The van der Waals surface area contributed by atoms with Crippen LogP contribution in [0.25, 0.3) is 0 Å². The third-order valence-electron chi connectivity index (χ3n) is 3.89. The number of nitrogens with one attached hydrogen (secondary N) is 1. The molecule has 4 nitrogen and oxygen atoms in total. The Hall–Kier alpha value is -2.69. The van der Waals surface area contributed by atoms with Gasteiger partial charge in [-0.1, -0.05) is 24.3 Å². The molecule has 0 aromatic heterocycles. The summed E-state index contributed by atoms with van der Waals surface area (Å²) in [7, 11) is 1.27. The van der Waals surface area contributed by atoms with Gasteiger partial charge in [0.25, 0.3) is 5.91 Å². The maximum Gasteiger partial charge on any atom is 0.328 e. The molecule has 0 heterocycles. The lowest BCUT2D eigenvalue weighted by Crippen LogP contribution is -2.43. The van der Waals surface area contributed by atoms with Gasteiger partial charge in [0.2, 0.25) is 0 Å². The fourth-order valence-electron chi connectivity index (χ4n) is 2.37. The first-order valence-electron chi connectivity index (χ1n) is 7.61. The Kier molecular flexibility index (Phi) is 5.68. The van der Waals surface area contributed by atoms with Crippen LogP contribution < -0.4 is 5.32 Å². The molecule has 1 atom stereocenters. The van der Waals surface area contributed by atoms with Gasteiger partial charge in [0.15, 0.2) is 0 Å². The predicted octanol–water partition coefficient (Wildman–Crippen LogP) is 2.96. The Bertz CT molecular complexity index is 758. The number of amides is 1. The van der Waals surface area contributed by atoms with Crippen molar-refractivity contribution in [2.24, 2.45) is 0 Å². The second-order valence-corrected chi connectivity index (χ2v) is 5.68. The zero-order valence-corrected chi connectivity index (χ0v) is 13.9. The number of ether oxygens (including phenoxy) is 1. The highest BCUT2D eigenvalue weighted by Crippen LogP contribution is 2.13. The molecule has 1 N–H and O–H groups in total. The second kappa shape index (κ2) is 7.73. The van der Waals surface area contributed by atoms with Gasteiger partial charge in [-0.25, -0.2) is 9.18 Å². The summed E-state index contributed by atoms with van der Waals surface area (Å²) >= 11 is 0. The zero-order valence-electron chi connectivity index (χ0n) is 13.9. The van der Waals surface area contributed by atoms with Gasteiger partial charge in [-0.15, -0.1) is 0 Å². The molecule has 0 radical (unpaired) electrons. The predicted molar refractivity (Wildman–Crippen MR) is 89.3 cm³/mol. The molecule has 0 spiro atoms. The number of rotatable bonds is 5. The molecular weight excluding hydrogens is 309 g/mol. The molecule has 0 saturated heterocycles. The third-order valence-corrected chi connectivity index (χ3v) is 3.89. The number of carbonyl (C=O) groups excluding carboxylic acids is 2. The van der Waals surface area contributed by atoms with Gasteiger partial charge in [0.05, 0.1) is 7.11 Å². The van der Waals surface area contributed by atoms with Crippen molar-refractivity contribution in [3.63, 3.8) is 0 Å². The summed E-state index contributed by atoms with van der Waals surface area (Å²) in [6.45, 7) is 3.99. The van der Waals surface area contributed by atoms with E-state index in [-0.39, 0.29) is 5.56 Å². The van der Waals surface area contributed by atoms with E-state index in [1.807, 2.05) is 32.0 Å². The number of carbonyl (C=O) groups is 2. The summed E-state index contributed by atoms with van der Waals surface area (Å²) in [6.07, 6.45) is 0.300. The maximum atomic E-state index is 13.2. The van der Waals surface area contributed by atoms with Gasteiger partial charge in [-0.3, -0.25) is 4.79 Å². The van der Waals surface area contributed by atoms with Gasteiger partial charge in [0.1, 0.15) is 11.9 Å². The minimum Gasteiger partial charge on any atom is -0.467 e. The molecule has 1 amide bonds. The molecule has 24 heavy (non-hydrogen) atoms. The number of esters is 1. The van der Waals surface area contributed by atoms with Crippen molar-refractivity contribution in [3.05, 3.63) is 70.5 Å². The highest BCUT2D eigenvalue weighted by atomic mass is 19.1. The summed E-state index contributed by atoms with van der Waals surface area (Å²) < 4.78 is 18.0. The average molecular weight is 329 g/mol. The van der Waals surface area contributed by atoms with E-state index in [9.17, 15) is 14.0 Å². The molecule has 0 unspecified atom stereocenters. The van der Waals surface area contributed by atoms with E-state index in [0.717, 1.165) is 22.8 Å². The smallest absolute Gasteiger partial charge is 0.328 e. The molecule has 2 rings (SSSR count). The zero-order chi connectivity index (χ0) is 17.7. The summed E-state index contributed by atoms with van der Waals surface area (Å²) in [5.41, 5.74) is 3.32. The normalized spacial score (nSPS) is 11.7. The van der Waals surface area contributed by atoms with Crippen molar-refractivity contribution >= 4 is 11.9 Å². The molecule has 0 aliphatic rings. The Balaban J connectivity index is 2.17. The lowest BCUT2D eigenvalue weighted by Gasteiger charge is -2.17. The Morgan fingerprint density at radius 2 is 1.88 bits per heavy atom. The first-order chi connectivity index (χ1) is 11.4. The standard InChI is InChI=1S/C19H20FNO3/c1-12-7-8-14(9-13(12)2)10-17(19(23)24-3)21-18(22)15-5-4-6-16(20)11-15/h4-9,11,17H,10H2,1-3H3,(H,21,22)/t17-/m0/s1. The number of hydrogen-bond donors (Lipinski definition) is 1. The van der Waals surface area contributed by atoms with Crippen LogP contribution in [-0.2, 0) is 16.0 Å². The van der Waals surface area contributed by atoms with Gasteiger partial charge in [-0.05, 0) is 48.7 Å². The summed E-state index contributed by atoms with van der Waals surface area (Å²) in [4.78, 5) is 24.2. The number of benzene rings is 2. The number of aryl methyl sites for hydroxylation is 2. The molecule has 5 heteroatoms. The van der Waals surface area contributed by atoms with E-state index in [0.29, 0.717) is 6.42 Å². The van der Waals surface area contributed by atoms with Crippen molar-refractivity contribution in [3.8, 4) is 0 Å².